The Morgan fingerprint density at radius 3 is 2.73 bits per heavy atom. The lowest BCUT2D eigenvalue weighted by Crippen LogP contribution is -2.37. The first-order valence-electron chi connectivity index (χ1n) is 8.77. The van der Waals surface area contributed by atoms with Gasteiger partial charge in [0, 0.05) is 43.7 Å². The van der Waals surface area contributed by atoms with Gasteiger partial charge >= 0.3 is 0 Å². The Morgan fingerprint density at radius 2 is 2.00 bits per heavy atom. The number of amides is 2. The summed E-state index contributed by atoms with van der Waals surface area (Å²) in [6.07, 6.45) is 5.50. The number of nitrogens with zero attached hydrogens (tertiary/aromatic N) is 3. The van der Waals surface area contributed by atoms with Gasteiger partial charge in [0.2, 0.25) is 5.91 Å². The Hall–Kier alpha value is -2.48. The zero-order valence-corrected chi connectivity index (χ0v) is 15.3. The molecule has 1 N–H and O–H groups in total. The second kappa shape index (κ2) is 8.75. The quantitative estimate of drug-likeness (QED) is 0.860. The molecular weight excluding hydrogens is 352 g/mol. The molecule has 1 fully saturated rings. The van der Waals surface area contributed by atoms with Crippen LogP contribution in [-0.2, 0) is 11.2 Å². The van der Waals surface area contributed by atoms with Gasteiger partial charge in [-0.2, -0.15) is 0 Å². The number of aryl methyl sites for hydroxylation is 1. The Balaban J connectivity index is 1.49. The minimum atomic E-state index is -0.336. The van der Waals surface area contributed by atoms with E-state index < -0.39 is 0 Å². The van der Waals surface area contributed by atoms with Crippen molar-refractivity contribution >= 4 is 23.2 Å². The summed E-state index contributed by atoms with van der Waals surface area (Å²) in [5, 5.41) is 2.05. The smallest absolute Gasteiger partial charge is 0.274 e. The molecule has 3 rings (SSSR count). The molecule has 7 nitrogen and oxygen atoms in total. The Bertz CT molecular complexity index is 783. The summed E-state index contributed by atoms with van der Waals surface area (Å²) in [5.74, 6) is -0.0636. The minimum absolute atomic E-state index is 0.151. The van der Waals surface area contributed by atoms with Crippen molar-refractivity contribution in [2.45, 2.75) is 25.7 Å². The fraction of sp³-hybridized carbons (Fsp3) is 0.444. The van der Waals surface area contributed by atoms with Crippen LogP contribution in [0.25, 0.3) is 0 Å². The van der Waals surface area contributed by atoms with Crippen LogP contribution in [-0.4, -0.2) is 57.8 Å². The number of carbonyl (C=O) groups is 2. The molecule has 2 amide bonds. The topological polar surface area (TPSA) is 86.4 Å². The third kappa shape index (κ3) is 4.78. The largest absolute Gasteiger partial charge is 0.341 e. The molecule has 0 spiro atoms. The maximum absolute atomic E-state index is 12.5. The van der Waals surface area contributed by atoms with E-state index in [-0.39, 0.29) is 23.1 Å². The highest BCUT2D eigenvalue weighted by molar-refractivity contribution is 7.09. The number of nitrogens with one attached hydrogen (secondary N) is 1. The zero-order valence-electron chi connectivity index (χ0n) is 14.5. The highest BCUT2D eigenvalue weighted by atomic mass is 32.1. The van der Waals surface area contributed by atoms with Crippen LogP contribution in [0, 0.1) is 0 Å². The van der Waals surface area contributed by atoms with Gasteiger partial charge in [0.05, 0.1) is 6.20 Å². The molecule has 1 aliphatic heterocycles. The zero-order chi connectivity index (χ0) is 18.4. The molecule has 0 radical (unpaired) electrons. The highest BCUT2D eigenvalue weighted by Gasteiger charge is 2.23. The van der Waals surface area contributed by atoms with Crippen molar-refractivity contribution in [2.75, 3.05) is 26.2 Å². The predicted octanol–water partition coefficient (Wildman–Crippen LogP) is 1.53. The lowest BCUT2D eigenvalue weighted by atomic mass is 10.2. The maximum atomic E-state index is 12.5. The molecule has 0 atom stereocenters. The molecule has 1 saturated heterocycles. The van der Waals surface area contributed by atoms with Gasteiger partial charge in [-0.25, -0.2) is 4.98 Å². The molecule has 138 valence electrons. The van der Waals surface area contributed by atoms with Crippen LogP contribution >= 0.6 is 11.3 Å². The van der Waals surface area contributed by atoms with E-state index in [0.29, 0.717) is 32.6 Å². The second-order valence-corrected chi connectivity index (χ2v) is 7.29. The lowest BCUT2D eigenvalue weighted by Gasteiger charge is -2.22. The Morgan fingerprint density at radius 1 is 1.19 bits per heavy atom. The number of aromatic nitrogens is 2. The van der Waals surface area contributed by atoms with Gasteiger partial charge in [-0.05, 0) is 30.7 Å². The van der Waals surface area contributed by atoms with Gasteiger partial charge in [-0.1, -0.05) is 6.07 Å². The number of carbonyl (C=O) groups excluding carboxylic acids is 2. The molecule has 0 unspecified atom stereocenters. The summed E-state index contributed by atoms with van der Waals surface area (Å²) in [6.45, 7) is 2.27. The van der Waals surface area contributed by atoms with Crippen LogP contribution in [0.15, 0.2) is 34.7 Å². The third-order valence-electron chi connectivity index (χ3n) is 4.42. The van der Waals surface area contributed by atoms with Gasteiger partial charge < -0.3 is 14.8 Å². The van der Waals surface area contributed by atoms with E-state index in [2.05, 4.69) is 21.4 Å². The minimum Gasteiger partial charge on any atom is -0.341 e. The van der Waals surface area contributed by atoms with Gasteiger partial charge in [-0.3, -0.25) is 14.4 Å². The van der Waals surface area contributed by atoms with Crippen LogP contribution in [0.2, 0.25) is 0 Å². The van der Waals surface area contributed by atoms with E-state index in [1.165, 1.54) is 11.1 Å². The van der Waals surface area contributed by atoms with Gasteiger partial charge in [0.25, 0.3) is 11.5 Å². The van der Waals surface area contributed by atoms with Gasteiger partial charge in [-0.15, -0.1) is 11.3 Å². The fourth-order valence-corrected chi connectivity index (χ4v) is 3.77. The standard InChI is InChI=1S/C18H22N4O3S/c23-16-13-19-15(12-20-16)18(25)22-8-3-7-21(9-10-22)17(24)6-1-4-14-5-2-11-26-14/h2,5,11-13H,1,3-4,6-10H2,(H,20,23). The normalized spacial score (nSPS) is 14.9. The van der Waals surface area contributed by atoms with Crippen LogP contribution in [0.4, 0.5) is 0 Å². The second-order valence-electron chi connectivity index (χ2n) is 6.26. The summed E-state index contributed by atoms with van der Waals surface area (Å²) in [4.78, 5) is 47.2. The predicted molar refractivity (Wildman–Crippen MR) is 99.2 cm³/mol. The van der Waals surface area contributed by atoms with Gasteiger partial charge in [0.1, 0.15) is 5.69 Å². The van der Waals surface area contributed by atoms with Crippen molar-refractivity contribution in [3.05, 3.63) is 50.8 Å². The van der Waals surface area contributed by atoms with Crippen LogP contribution in [0.1, 0.15) is 34.6 Å². The maximum Gasteiger partial charge on any atom is 0.274 e. The number of H-pyrrole nitrogens is 1. The molecule has 26 heavy (non-hydrogen) atoms. The van der Waals surface area contributed by atoms with Crippen molar-refractivity contribution in [2.24, 2.45) is 0 Å². The van der Waals surface area contributed by atoms with Crippen molar-refractivity contribution < 1.29 is 9.59 Å². The van der Waals surface area contributed by atoms with Crippen molar-refractivity contribution in [1.82, 2.24) is 19.8 Å². The number of hydrogen-bond acceptors (Lipinski definition) is 5. The highest BCUT2D eigenvalue weighted by Crippen LogP contribution is 2.14. The Kier molecular flexibility index (Phi) is 6.17. The van der Waals surface area contributed by atoms with Crippen LogP contribution in [0.5, 0.6) is 0 Å². The molecule has 0 bridgehead atoms. The van der Waals surface area contributed by atoms with E-state index in [0.717, 1.165) is 25.5 Å². The molecule has 3 heterocycles. The van der Waals surface area contributed by atoms with E-state index in [9.17, 15) is 14.4 Å². The molecule has 0 aromatic carbocycles. The summed E-state index contributed by atoms with van der Waals surface area (Å²) >= 11 is 1.72. The van der Waals surface area contributed by atoms with E-state index >= 15 is 0 Å². The van der Waals surface area contributed by atoms with Gasteiger partial charge in [0.15, 0.2) is 0 Å². The molecule has 2 aromatic rings. The number of rotatable bonds is 5. The SMILES string of the molecule is O=C(CCCc1cccs1)N1CCCN(C(=O)c2c[nH]c(=O)cn2)CC1. The first-order chi connectivity index (χ1) is 12.6. The molecule has 2 aromatic heterocycles. The average molecular weight is 374 g/mol. The van der Waals surface area contributed by atoms with Crippen molar-refractivity contribution in [1.29, 1.82) is 0 Å². The van der Waals surface area contributed by atoms with E-state index in [1.54, 1.807) is 16.2 Å². The molecule has 0 aliphatic carbocycles. The summed E-state index contributed by atoms with van der Waals surface area (Å²) in [6, 6.07) is 4.12. The lowest BCUT2D eigenvalue weighted by molar-refractivity contribution is -0.131. The van der Waals surface area contributed by atoms with E-state index in [4.69, 9.17) is 0 Å². The molecule has 8 heteroatoms. The molecule has 0 saturated carbocycles. The molecule has 1 aliphatic rings. The van der Waals surface area contributed by atoms with E-state index in [1.807, 2.05) is 11.0 Å². The van der Waals surface area contributed by atoms with Crippen molar-refractivity contribution in [3.63, 3.8) is 0 Å². The third-order valence-corrected chi connectivity index (χ3v) is 5.36. The molecular formula is C18H22N4O3S. The summed E-state index contributed by atoms with van der Waals surface area (Å²) < 4.78 is 0. The summed E-state index contributed by atoms with van der Waals surface area (Å²) in [5.41, 5.74) is -0.114. The summed E-state index contributed by atoms with van der Waals surface area (Å²) in [7, 11) is 0. The Labute approximate surface area is 155 Å². The van der Waals surface area contributed by atoms with Crippen molar-refractivity contribution in [3.8, 4) is 0 Å². The van der Waals surface area contributed by atoms with Crippen LogP contribution < -0.4 is 5.56 Å². The number of hydrogen-bond donors (Lipinski definition) is 1. The fourth-order valence-electron chi connectivity index (χ4n) is 3.02. The monoisotopic (exact) mass is 374 g/mol. The first kappa shape index (κ1) is 18.3. The average Bonchev–Trinajstić information content (AvgIpc) is 3.04. The number of thiophene rings is 1. The first-order valence-corrected chi connectivity index (χ1v) is 9.65. The van der Waals surface area contributed by atoms with Crippen LogP contribution in [0.3, 0.4) is 0 Å². The number of aromatic amines is 1.